The number of hydrogen-bond acceptors (Lipinski definition) is 7. The normalized spacial score (nSPS) is 13.6. The largest absolute Gasteiger partial charge is 0.495 e. The lowest BCUT2D eigenvalue weighted by molar-refractivity contribution is -0.137. The van der Waals surface area contributed by atoms with Gasteiger partial charge in [-0.3, -0.25) is 14.5 Å². The summed E-state index contributed by atoms with van der Waals surface area (Å²) in [7, 11) is 1.52. The van der Waals surface area contributed by atoms with Gasteiger partial charge in [-0.1, -0.05) is 41.9 Å². The van der Waals surface area contributed by atoms with Gasteiger partial charge in [0.25, 0.3) is 11.8 Å². The summed E-state index contributed by atoms with van der Waals surface area (Å²) in [5, 5.41) is 4.06. The molecule has 7 nitrogen and oxygen atoms in total. The number of methoxy groups -OCH3 is 1. The quantitative estimate of drug-likeness (QED) is 0.363. The SMILES string of the molecule is COc1cc(Cl)c(C)cc1NC1=C(Sc2nc(C)cc(C)n2)C(=O)N(Cc2ccccc2)C1=O. The topological polar surface area (TPSA) is 84.4 Å². The van der Waals surface area contributed by atoms with Gasteiger partial charge in [-0.25, -0.2) is 9.97 Å². The fraction of sp³-hybridized carbons (Fsp3) is 0.200. The van der Waals surface area contributed by atoms with Crippen LogP contribution in [0.25, 0.3) is 0 Å². The first-order chi connectivity index (χ1) is 16.3. The van der Waals surface area contributed by atoms with Crippen LogP contribution in [-0.4, -0.2) is 33.8 Å². The molecule has 0 radical (unpaired) electrons. The second-order valence-electron chi connectivity index (χ2n) is 7.85. The van der Waals surface area contributed by atoms with Crippen molar-refractivity contribution in [3.63, 3.8) is 0 Å². The van der Waals surface area contributed by atoms with E-state index in [1.807, 2.05) is 57.2 Å². The number of aromatic nitrogens is 2. The molecule has 0 fully saturated rings. The van der Waals surface area contributed by atoms with Crippen molar-refractivity contribution >= 4 is 40.9 Å². The smallest absolute Gasteiger partial charge is 0.278 e. The highest BCUT2D eigenvalue weighted by Gasteiger charge is 2.40. The van der Waals surface area contributed by atoms with Gasteiger partial charge < -0.3 is 10.1 Å². The number of anilines is 1. The van der Waals surface area contributed by atoms with E-state index in [-0.39, 0.29) is 17.1 Å². The summed E-state index contributed by atoms with van der Waals surface area (Å²) in [5.41, 5.74) is 3.87. The summed E-state index contributed by atoms with van der Waals surface area (Å²) in [5.74, 6) is -0.388. The Hall–Kier alpha value is -3.36. The number of nitrogens with zero attached hydrogens (tertiary/aromatic N) is 3. The summed E-state index contributed by atoms with van der Waals surface area (Å²) in [6, 6.07) is 14.7. The van der Waals surface area contributed by atoms with E-state index >= 15 is 0 Å². The summed E-state index contributed by atoms with van der Waals surface area (Å²) in [6.07, 6.45) is 0. The summed E-state index contributed by atoms with van der Waals surface area (Å²) >= 11 is 7.31. The van der Waals surface area contributed by atoms with Crippen LogP contribution < -0.4 is 10.1 Å². The monoisotopic (exact) mass is 494 g/mol. The average molecular weight is 495 g/mol. The lowest BCUT2D eigenvalue weighted by Crippen LogP contribution is -2.32. The van der Waals surface area contributed by atoms with Crippen molar-refractivity contribution in [1.29, 1.82) is 0 Å². The fourth-order valence-electron chi connectivity index (χ4n) is 3.56. The molecule has 0 saturated heterocycles. The minimum Gasteiger partial charge on any atom is -0.495 e. The van der Waals surface area contributed by atoms with E-state index in [1.54, 1.807) is 12.1 Å². The van der Waals surface area contributed by atoms with E-state index in [4.69, 9.17) is 16.3 Å². The fourth-order valence-corrected chi connectivity index (χ4v) is 4.72. The van der Waals surface area contributed by atoms with Crippen LogP contribution in [0.3, 0.4) is 0 Å². The number of imide groups is 1. The van der Waals surface area contributed by atoms with E-state index in [0.29, 0.717) is 21.6 Å². The minimum atomic E-state index is -0.435. The number of thioether (sulfide) groups is 1. The van der Waals surface area contributed by atoms with Crippen molar-refractivity contribution in [1.82, 2.24) is 14.9 Å². The van der Waals surface area contributed by atoms with Crippen molar-refractivity contribution in [2.45, 2.75) is 32.5 Å². The average Bonchev–Trinajstić information content (AvgIpc) is 3.00. The molecule has 2 heterocycles. The summed E-state index contributed by atoms with van der Waals surface area (Å²) in [6.45, 7) is 5.72. The molecule has 0 bridgehead atoms. The molecular formula is C25H23ClN4O3S. The number of rotatable bonds is 7. The Morgan fingerprint density at radius 2 is 1.68 bits per heavy atom. The first-order valence-electron chi connectivity index (χ1n) is 10.5. The molecule has 9 heteroatoms. The maximum Gasteiger partial charge on any atom is 0.278 e. The molecule has 0 unspecified atom stereocenters. The Labute approximate surface area is 207 Å². The molecule has 3 aromatic rings. The molecule has 2 amide bonds. The van der Waals surface area contributed by atoms with E-state index < -0.39 is 11.8 Å². The standard InChI is InChI=1S/C25H23ClN4O3S/c1-14-10-19(20(33-4)12-18(14)26)29-21-22(34-25-27-15(2)11-16(3)28-25)24(32)30(23(21)31)13-17-8-6-5-7-9-17/h5-12,29H,13H2,1-4H3. The number of carbonyl (C=O) groups excluding carboxylic acids is 2. The predicted octanol–water partition coefficient (Wildman–Crippen LogP) is 5.05. The molecule has 0 saturated carbocycles. The molecule has 174 valence electrons. The highest BCUT2D eigenvalue weighted by Crippen LogP contribution is 2.38. The number of aryl methyl sites for hydroxylation is 3. The van der Waals surface area contributed by atoms with Gasteiger partial charge in [0.05, 0.1) is 19.3 Å². The molecule has 2 aromatic carbocycles. The van der Waals surface area contributed by atoms with Crippen molar-refractivity contribution < 1.29 is 14.3 Å². The Bertz CT molecular complexity index is 1290. The zero-order valence-electron chi connectivity index (χ0n) is 19.2. The number of ether oxygens (including phenoxy) is 1. The number of benzene rings is 2. The van der Waals surface area contributed by atoms with Gasteiger partial charge >= 0.3 is 0 Å². The van der Waals surface area contributed by atoms with Gasteiger partial charge in [0.2, 0.25) is 0 Å². The molecule has 1 aromatic heterocycles. The summed E-state index contributed by atoms with van der Waals surface area (Å²) in [4.78, 5) is 37.2. The lowest BCUT2D eigenvalue weighted by Gasteiger charge is -2.16. The molecular weight excluding hydrogens is 472 g/mol. The van der Waals surface area contributed by atoms with E-state index in [2.05, 4.69) is 15.3 Å². The second-order valence-corrected chi connectivity index (χ2v) is 9.23. The minimum absolute atomic E-state index is 0.147. The number of halogens is 1. The van der Waals surface area contributed by atoms with Crippen LogP contribution in [0.1, 0.15) is 22.5 Å². The van der Waals surface area contributed by atoms with Crippen molar-refractivity contribution in [2.24, 2.45) is 0 Å². The first kappa shape index (κ1) is 23.8. The Balaban J connectivity index is 1.76. The summed E-state index contributed by atoms with van der Waals surface area (Å²) < 4.78 is 5.45. The zero-order valence-corrected chi connectivity index (χ0v) is 20.8. The van der Waals surface area contributed by atoms with Gasteiger partial charge in [0.1, 0.15) is 16.4 Å². The van der Waals surface area contributed by atoms with Gasteiger partial charge in [-0.2, -0.15) is 0 Å². The van der Waals surface area contributed by atoms with Crippen LogP contribution in [0.15, 0.2) is 64.3 Å². The van der Waals surface area contributed by atoms with Crippen LogP contribution in [0.5, 0.6) is 5.75 Å². The lowest BCUT2D eigenvalue weighted by atomic mass is 10.2. The van der Waals surface area contributed by atoms with E-state index in [9.17, 15) is 9.59 Å². The number of nitrogens with one attached hydrogen (secondary N) is 1. The van der Waals surface area contributed by atoms with Crippen LogP contribution in [0, 0.1) is 20.8 Å². The van der Waals surface area contributed by atoms with Crippen LogP contribution >= 0.6 is 23.4 Å². The molecule has 1 aliphatic rings. The van der Waals surface area contributed by atoms with Crippen LogP contribution in [0.2, 0.25) is 5.02 Å². The Morgan fingerprint density at radius 3 is 2.32 bits per heavy atom. The third kappa shape index (κ3) is 4.93. The Kier molecular flexibility index (Phi) is 6.90. The number of amides is 2. The molecule has 0 spiro atoms. The molecule has 0 aliphatic carbocycles. The van der Waals surface area contributed by atoms with Gasteiger partial charge in [0, 0.05) is 22.5 Å². The third-order valence-corrected chi connectivity index (χ3v) is 6.56. The molecule has 0 atom stereocenters. The molecule has 1 N–H and O–H groups in total. The van der Waals surface area contributed by atoms with E-state index in [1.165, 1.54) is 12.0 Å². The number of carbonyl (C=O) groups is 2. The third-order valence-electron chi connectivity index (χ3n) is 5.20. The molecule has 4 rings (SSSR count). The van der Waals surface area contributed by atoms with Crippen molar-refractivity contribution in [3.05, 3.63) is 86.7 Å². The van der Waals surface area contributed by atoms with E-state index in [0.717, 1.165) is 34.3 Å². The van der Waals surface area contributed by atoms with Gasteiger partial charge in [0.15, 0.2) is 5.16 Å². The van der Waals surface area contributed by atoms with Gasteiger partial charge in [-0.05, 0) is 55.8 Å². The number of hydrogen-bond donors (Lipinski definition) is 1. The van der Waals surface area contributed by atoms with Crippen LogP contribution in [0.4, 0.5) is 5.69 Å². The Morgan fingerprint density at radius 1 is 1.00 bits per heavy atom. The molecule has 1 aliphatic heterocycles. The first-order valence-corrected chi connectivity index (χ1v) is 11.7. The highest BCUT2D eigenvalue weighted by atomic mass is 35.5. The molecule has 34 heavy (non-hydrogen) atoms. The highest BCUT2D eigenvalue weighted by molar-refractivity contribution is 8.04. The van der Waals surface area contributed by atoms with Crippen molar-refractivity contribution in [2.75, 3.05) is 12.4 Å². The maximum absolute atomic E-state index is 13.5. The predicted molar refractivity (Wildman–Crippen MR) is 133 cm³/mol. The van der Waals surface area contributed by atoms with Crippen LogP contribution in [-0.2, 0) is 16.1 Å². The second kappa shape index (κ2) is 9.87. The maximum atomic E-state index is 13.5. The zero-order chi connectivity index (χ0) is 24.4. The van der Waals surface area contributed by atoms with Gasteiger partial charge in [-0.15, -0.1) is 0 Å². The van der Waals surface area contributed by atoms with Crippen molar-refractivity contribution in [3.8, 4) is 5.75 Å².